The second kappa shape index (κ2) is 12.6. The number of nitrogens with one attached hydrogen (secondary N) is 2. The summed E-state index contributed by atoms with van der Waals surface area (Å²) in [6, 6.07) is 11.8. The zero-order valence-electron chi connectivity index (χ0n) is 24.6. The Bertz CT molecular complexity index is 1450. The molecule has 14 heteroatoms. The number of hydrogen-bond acceptors (Lipinski definition) is 6. The average molecular weight is 617 g/mol. The van der Waals surface area contributed by atoms with E-state index in [4.69, 9.17) is 0 Å². The van der Waals surface area contributed by atoms with Crippen LogP contribution in [0.1, 0.15) is 50.1 Å². The Balaban J connectivity index is 1.56. The zero-order chi connectivity index (χ0) is 32.3. The lowest BCUT2D eigenvalue weighted by Gasteiger charge is -2.41. The molecule has 2 aliphatic rings. The second-order valence-electron chi connectivity index (χ2n) is 11.6. The number of hydrogen-bond donors (Lipinski definition) is 3. The van der Waals surface area contributed by atoms with Crippen LogP contribution in [0.15, 0.2) is 53.6 Å². The minimum Gasteiger partial charge on any atom is -0.465 e. The standard InChI is InChI=1S/C30H35F3N6O5/c1-28(2,36-27(43)44)25(41)35-21(13-7-11-20-12-8-14-23(34-20)30(31,32)33)24(40)39-16-15-22-29(18-39,26(42)38(3)37-22)17-19-9-5-4-6-10-19/h4-6,8-10,12,14,21,36H,7,11,13,15-18H2,1-3H3,(H,35,41)(H,43,44). The first-order chi connectivity index (χ1) is 20.6. The summed E-state index contributed by atoms with van der Waals surface area (Å²) in [4.78, 5) is 57.1. The Kier molecular flexibility index (Phi) is 9.30. The van der Waals surface area contributed by atoms with Gasteiger partial charge in [0.25, 0.3) is 5.91 Å². The number of piperidine rings is 1. The van der Waals surface area contributed by atoms with Crippen LogP contribution in [0.25, 0.3) is 0 Å². The number of pyridine rings is 1. The summed E-state index contributed by atoms with van der Waals surface area (Å²) in [5.74, 6) is -1.50. The number of fused-ring (bicyclic) bond motifs is 1. The molecule has 1 fully saturated rings. The summed E-state index contributed by atoms with van der Waals surface area (Å²) in [6.45, 7) is 2.93. The molecular weight excluding hydrogens is 581 g/mol. The maximum Gasteiger partial charge on any atom is 0.433 e. The number of benzene rings is 1. The maximum absolute atomic E-state index is 14.0. The Morgan fingerprint density at radius 2 is 1.80 bits per heavy atom. The molecule has 2 unspecified atom stereocenters. The van der Waals surface area contributed by atoms with Crippen molar-refractivity contribution < 1.29 is 37.5 Å². The number of carboxylic acid groups (broad SMARTS) is 1. The number of nitrogens with zero attached hydrogens (tertiary/aromatic N) is 4. The monoisotopic (exact) mass is 616 g/mol. The Morgan fingerprint density at radius 3 is 2.45 bits per heavy atom. The van der Waals surface area contributed by atoms with Crippen LogP contribution in [-0.2, 0) is 33.4 Å². The molecule has 4 amide bonds. The number of aryl methyl sites for hydroxylation is 1. The van der Waals surface area contributed by atoms with E-state index in [1.54, 1.807) is 7.05 Å². The second-order valence-corrected chi connectivity index (χ2v) is 11.6. The predicted octanol–water partition coefficient (Wildman–Crippen LogP) is 3.24. The van der Waals surface area contributed by atoms with Gasteiger partial charge in [-0.3, -0.25) is 14.4 Å². The van der Waals surface area contributed by atoms with E-state index in [0.717, 1.165) is 11.6 Å². The van der Waals surface area contributed by atoms with Crippen molar-refractivity contribution in [1.82, 2.24) is 25.5 Å². The molecule has 4 rings (SSSR count). The van der Waals surface area contributed by atoms with Gasteiger partial charge in [-0.25, -0.2) is 14.8 Å². The number of aromatic nitrogens is 1. The number of carbonyl (C=O) groups is 4. The summed E-state index contributed by atoms with van der Waals surface area (Å²) >= 11 is 0. The third-order valence-corrected chi connectivity index (χ3v) is 7.88. The van der Waals surface area contributed by atoms with Gasteiger partial charge in [0.1, 0.15) is 22.7 Å². The Labute approximate surface area is 252 Å². The van der Waals surface area contributed by atoms with Crippen LogP contribution >= 0.6 is 0 Å². The van der Waals surface area contributed by atoms with Crippen LogP contribution in [0.2, 0.25) is 0 Å². The smallest absolute Gasteiger partial charge is 0.433 e. The molecule has 11 nitrogen and oxygen atoms in total. The van der Waals surface area contributed by atoms with Crippen LogP contribution in [0.4, 0.5) is 18.0 Å². The van der Waals surface area contributed by atoms with E-state index < -0.39 is 46.8 Å². The average Bonchev–Trinajstić information content (AvgIpc) is 3.20. The normalized spacial score (nSPS) is 19.2. The third-order valence-electron chi connectivity index (χ3n) is 7.88. The summed E-state index contributed by atoms with van der Waals surface area (Å²) in [6.07, 6.45) is -5.08. The van der Waals surface area contributed by atoms with E-state index in [0.29, 0.717) is 18.6 Å². The van der Waals surface area contributed by atoms with Crippen molar-refractivity contribution in [3.63, 3.8) is 0 Å². The van der Waals surface area contributed by atoms with Crippen LogP contribution < -0.4 is 10.6 Å². The van der Waals surface area contributed by atoms with Gasteiger partial charge in [-0.05, 0) is 57.2 Å². The lowest BCUT2D eigenvalue weighted by molar-refractivity contribution is -0.143. The topological polar surface area (TPSA) is 144 Å². The lowest BCUT2D eigenvalue weighted by Crippen LogP contribution is -2.61. The number of rotatable bonds is 10. The minimum absolute atomic E-state index is 0.0149. The minimum atomic E-state index is -4.61. The van der Waals surface area contributed by atoms with E-state index >= 15 is 0 Å². The predicted molar refractivity (Wildman–Crippen MR) is 153 cm³/mol. The quantitative estimate of drug-likeness (QED) is 0.374. The molecule has 2 aliphatic heterocycles. The summed E-state index contributed by atoms with van der Waals surface area (Å²) < 4.78 is 39.4. The molecular formula is C30H35F3N6O5. The van der Waals surface area contributed by atoms with Crippen molar-refractivity contribution in [2.45, 2.75) is 63.7 Å². The molecule has 3 N–H and O–H groups in total. The molecule has 0 spiro atoms. The highest BCUT2D eigenvalue weighted by Gasteiger charge is 2.54. The third kappa shape index (κ3) is 7.17. The molecule has 236 valence electrons. The SMILES string of the molecule is CN1N=C2CCN(C(=O)C(CCCc3cccc(C(F)(F)F)n3)NC(=O)C(C)(C)NC(=O)O)CC2(Cc2ccccc2)C1=O. The molecule has 44 heavy (non-hydrogen) atoms. The van der Waals surface area contributed by atoms with Gasteiger partial charge in [0, 0.05) is 32.3 Å². The van der Waals surface area contributed by atoms with E-state index in [1.165, 1.54) is 35.9 Å². The van der Waals surface area contributed by atoms with Gasteiger partial charge in [-0.2, -0.15) is 18.3 Å². The first-order valence-electron chi connectivity index (χ1n) is 14.2. The van der Waals surface area contributed by atoms with Crippen LogP contribution in [0.5, 0.6) is 0 Å². The largest absolute Gasteiger partial charge is 0.465 e. The molecule has 1 saturated heterocycles. The van der Waals surface area contributed by atoms with Crippen molar-refractivity contribution in [1.29, 1.82) is 0 Å². The number of alkyl halides is 3. The highest BCUT2D eigenvalue weighted by molar-refractivity contribution is 6.13. The van der Waals surface area contributed by atoms with Gasteiger partial charge < -0.3 is 20.6 Å². The Morgan fingerprint density at radius 1 is 1.09 bits per heavy atom. The number of halogens is 3. The fraction of sp³-hybridized carbons (Fsp3) is 0.467. The van der Waals surface area contributed by atoms with Gasteiger partial charge in [0.15, 0.2) is 0 Å². The Hall–Kier alpha value is -4.49. The molecule has 2 aromatic rings. The molecule has 1 aromatic heterocycles. The fourth-order valence-electron chi connectivity index (χ4n) is 5.62. The van der Waals surface area contributed by atoms with Crippen molar-refractivity contribution in [2.75, 3.05) is 20.1 Å². The lowest BCUT2D eigenvalue weighted by atomic mass is 9.73. The number of hydrazone groups is 1. The van der Waals surface area contributed by atoms with Crippen LogP contribution in [0, 0.1) is 5.41 Å². The summed E-state index contributed by atoms with van der Waals surface area (Å²) in [5.41, 5.74) is -1.99. The molecule has 2 atom stereocenters. The van der Waals surface area contributed by atoms with Crippen LogP contribution in [0.3, 0.4) is 0 Å². The first kappa shape index (κ1) is 32.4. The van der Waals surface area contributed by atoms with Gasteiger partial charge in [-0.1, -0.05) is 36.4 Å². The molecule has 0 saturated carbocycles. The van der Waals surface area contributed by atoms with Crippen molar-refractivity contribution in [3.05, 3.63) is 65.5 Å². The molecule has 0 radical (unpaired) electrons. The first-order valence-corrected chi connectivity index (χ1v) is 14.2. The van der Waals surface area contributed by atoms with E-state index in [-0.39, 0.29) is 44.0 Å². The fourth-order valence-corrected chi connectivity index (χ4v) is 5.62. The zero-order valence-corrected chi connectivity index (χ0v) is 24.6. The number of amides is 4. The summed E-state index contributed by atoms with van der Waals surface area (Å²) in [5, 5.41) is 19.7. The number of likely N-dealkylation sites (tertiary alicyclic amines) is 1. The molecule has 0 aliphatic carbocycles. The van der Waals surface area contributed by atoms with Gasteiger partial charge in [-0.15, -0.1) is 0 Å². The maximum atomic E-state index is 14.0. The van der Waals surface area contributed by atoms with E-state index in [1.807, 2.05) is 30.3 Å². The summed E-state index contributed by atoms with van der Waals surface area (Å²) in [7, 11) is 1.56. The van der Waals surface area contributed by atoms with Crippen LogP contribution in [-0.4, -0.2) is 81.2 Å². The van der Waals surface area contributed by atoms with Gasteiger partial charge in [0.2, 0.25) is 11.8 Å². The van der Waals surface area contributed by atoms with Crippen molar-refractivity contribution >= 4 is 29.5 Å². The highest BCUT2D eigenvalue weighted by atomic mass is 19.4. The molecule has 3 heterocycles. The van der Waals surface area contributed by atoms with Gasteiger partial charge >= 0.3 is 12.3 Å². The van der Waals surface area contributed by atoms with E-state index in [2.05, 4.69) is 20.7 Å². The number of carbonyl (C=O) groups excluding carboxylic acids is 3. The van der Waals surface area contributed by atoms with Crippen molar-refractivity contribution in [3.8, 4) is 0 Å². The highest BCUT2D eigenvalue weighted by Crippen LogP contribution is 2.38. The molecule has 0 bridgehead atoms. The van der Waals surface area contributed by atoms with E-state index in [9.17, 15) is 37.5 Å². The molecule has 1 aromatic carbocycles. The van der Waals surface area contributed by atoms with Crippen molar-refractivity contribution in [2.24, 2.45) is 10.5 Å². The van der Waals surface area contributed by atoms with Gasteiger partial charge in [0.05, 0.1) is 5.71 Å².